The van der Waals surface area contributed by atoms with Crippen LogP contribution >= 0.6 is 11.3 Å². The van der Waals surface area contributed by atoms with Crippen molar-refractivity contribution in [3.63, 3.8) is 0 Å². The summed E-state index contributed by atoms with van der Waals surface area (Å²) in [5, 5.41) is 4.48. The number of carbonyl (C=O) groups excluding carboxylic acids is 1. The first-order chi connectivity index (χ1) is 11.2. The molecule has 1 N–H and O–H groups in total. The van der Waals surface area contributed by atoms with E-state index in [9.17, 15) is 4.79 Å². The van der Waals surface area contributed by atoms with Crippen molar-refractivity contribution in [2.24, 2.45) is 0 Å². The van der Waals surface area contributed by atoms with Crippen LogP contribution in [0.5, 0.6) is 0 Å². The van der Waals surface area contributed by atoms with Gasteiger partial charge < -0.3 is 4.90 Å². The normalized spacial score (nSPS) is 14.7. The molecule has 1 aliphatic rings. The summed E-state index contributed by atoms with van der Waals surface area (Å²) >= 11 is 1.57. The summed E-state index contributed by atoms with van der Waals surface area (Å²) in [5.74, 6) is -0.136. The van der Waals surface area contributed by atoms with Gasteiger partial charge in [-0.25, -0.2) is 4.98 Å². The number of hydrogen-bond acceptors (Lipinski definition) is 5. The van der Waals surface area contributed by atoms with E-state index in [1.54, 1.807) is 23.6 Å². The van der Waals surface area contributed by atoms with Gasteiger partial charge >= 0.3 is 0 Å². The Morgan fingerprint density at radius 1 is 1.30 bits per heavy atom. The van der Waals surface area contributed by atoms with E-state index in [1.165, 1.54) is 4.88 Å². The Labute approximate surface area is 138 Å². The molecule has 1 aliphatic heterocycles. The van der Waals surface area contributed by atoms with Crippen molar-refractivity contribution in [3.8, 4) is 0 Å². The highest BCUT2D eigenvalue weighted by Gasteiger charge is 2.20. The Bertz CT molecular complexity index is 884. The zero-order chi connectivity index (χ0) is 15.8. The van der Waals surface area contributed by atoms with E-state index in [2.05, 4.69) is 27.2 Å². The molecule has 0 bridgehead atoms. The molecular formula is C17H16N4OS. The van der Waals surface area contributed by atoms with Crippen molar-refractivity contribution >= 4 is 33.3 Å². The minimum Gasteiger partial charge on any atom is -0.301 e. The van der Waals surface area contributed by atoms with Crippen LogP contribution in [0.1, 0.15) is 20.9 Å². The molecule has 0 aliphatic carbocycles. The fourth-order valence-electron chi connectivity index (χ4n) is 2.83. The lowest BCUT2D eigenvalue weighted by Crippen LogP contribution is -2.25. The molecule has 1 aromatic carbocycles. The molecular weight excluding hydrogens is 308 g/mol. The van der Waals surface area contributed by atoms with Gasteiger partial charge in [-0.15, -0.1) is 11.3 Å². The molecule has 6 heteroatoms. The van der Waals surface area contributed by atoms with E-state index in [1.807, 2.05) is 24.3 Å². The molecule has 3 heterocycles. The second-order valence-electron chi connectivity index (χ2n) is 5.71. The molecule has 5 nitrogen and oxygen atoms in total. The molecule has 0 unspecified atom stereocenters. The minimum atomic E-state index is -0.136. The number of rotatable bonds is 2. The average Bonchev–Trinajstić information content (AvgIpc) is 2.95. The van der Waals surface area contributed by atoms with Crippen LogP contribution in [0.15, 0.2) is 36.5 Å². The van der Waals surface area contributed by atoms with Gasteiger partial charge in [-0.3, -0.25) is 15.1 Å². The predicted octanol–water partition coefficient (Wildman–Crippen LogP) is 2.93. The standard InChI is InChI=1S/C17H16N4OS/c1-21-9-7-14-15(10-21)23-17(19-14)20-16(22)12-6-8-18-13-5-3-2-4-11(12)13/h2-6,8H,7,9-10H2,1H3,(H,19,20,22). The van der Waals surface area contributed by atoms with Gasteiger partial charge in [0, 0.05) is 36.0 Å². The van der Waals surface area contributed by atoms with Gasteiger partial charge in [0.25, 0.3) is 5.91 Å². The molecule has 4 rings (SSSR count). The summed E-state index contributed by atoms with van der Waals surface area (Å²) < 4.78 is 0. The van der Waals surface area contributed by atoms with E-state index >= 15 is 0 Å². The number of amides is 1. The van der Waals surface area contributed by atoms with Gasteiger partial charge in [0.05, 0.1) is 16.8 Å². The predicted molar refractivity (Wildman–Crippen MR) is 91.8 cm³/mol. The molecule has 0 fully saturated rings. The number of carbonyl (C=O) groups is 1. The van der Waals surface area contributed by atoms with Crippen molar-refractivity contribution in [1.82, 2.24) is 14.9 Å². The van der Waals surface area contributed by atoms with Crippen LogP contribution in [-0.2, 0) is 13.0 Å². The lowest BCUT2D eigenvalue weighted by Gasteiger charge is -2.20. The zero-order valence-corrected chi connectivity index (χ0v) is 13.6. The summed E-state index contributed by atoms with van der Waals surface area (Å²) in [4.78, 5) is 25.0. The van der Waals surface area contributed by atoms with Gasteiger partial charge in [-0.05, 0) is 19.2 Å². The van der Waals surface area contributed by atoms with Crippen molar-refractivity contribution in [1.29, 1.82) is 0 Å². The van der Waals surface area contributed by atoms with Crippen molar-refractivity contribution in [3.05, 3.63) is 52.7 Å². The first kappa shape index (κ1) is 14.3. The maximum atomic E-state index is 12.6. The summed E-state index contributed by atoms with van der Waals surface area (Å²) in [6.45, 7) is 1.92. The van der Waals surface area contributed by atoms with Crippen LogP contribution in [0.2, 0.25) is 0 Å². The molecule has 0 saturated carbocycles. The quantitative estimate of drug-likeness (QED) is 0.787. The van der Waals surface area contributed by atoms with Crippen LogP contribution in [-0.4, -0.2) is 34.4 Å². The van der Waals surface area contributed by atoms with Gasteiger partial charge in [0.1, 0.15) is 0 Å². The van der Waals surface area contributed by atoms with E-state index in [0.717, 1.165) is 36.1 Å². The lowest BCUT2D eigenvalue weighted by molar-refractivity contribution is 0.102. The summed E-state index contributed by atoms with van der Waals surface area (Å²) in [7, 11) is 2.10. The topological polar surface area (TPSA) is 58.1 Å². The number of aromatic nitrogens is 2. The van der Waals surface area contributed by atoms with Crippen LogP contribution in [0.25, 0.3) is 10.9 Å². The van der Waals surface area contributed by atoms with Crippen LogP contribution in [0.3, 0.4) is 0 Å². The Balaban J connectivity index is 1.63. The SMILES string of the molecule is CN1CCc2nc(NC(=O)c3ccnc4ccccc34)sc2C1. The number of likely N-dealkylation sites (N-methyl/N-ethyl adjacent to an activating group) is 1. The molecule has 116 valence electrons. The maximum absolute atomic E-state index is 12.6. The maximum Gasteiger partial charge on any atom is 0.258 e. The van der Waals surface area contributed by atoms with E-state index < -0.39 is 0 Å². The van der Waals surface area contributed by atoms with Gasteiger partial charge in [0.2, 0.25) is 0 Å². The summed E-state index contributed by atoms with van der Waals surface area (Å²) in [6.07, 6.45) is 2.61. The molecule has 0 saturated heterocycles. The van der Waals surface area contributed by atoms with Crippen LogP contribution < -0.4 is 5.32 Å². The fourth-order valence-corrected chi connectivity index (χ4v) is 3.92. The smallest absolute Gasteiger partial charge is 0.258 e. The summed E-state index contributed by atoms with van der Waals surface area (Å²) in [6, 6.07) is 9.41. The monoisotopic (exact) mass is 324 g/mol. The number of para-hydroxylation sites is 1. The number of anilines is 1. The third kappa shape index (κ3) is 2.71. The Kier molecular flexibility index (Phi) is 3.55. The Morgan fingerprint density at radius 2 is 2.17 bits per heavy atom. The fraction of sp³-hybridized carbons (Fsp3) is 0.235. The van der Waals surface area contributed by atoms with E-state index in [4.69, 9.17) is 0 Å². The first-order valence-electron chi connectivity index (χ1n) is 7.53. The molecule has 0 atom stereocenters. The number of thiazole rings is 1. The Hall–Kier alpha value is -2.31. The molecule has 1 amide bonds. The van der Waals surface area contributed by atoms with Gasteiger partial charge in [-0.2, -0.15) is 0 Å². The third-order valence-corrected chi connectivity index (χ3v) is 5.03. The average molecular weight is 324 g/mol. The number of hydrogen-bond donors (Lipinski definition) is 1. The first-order valence-corrected chi connectivity index (χ1v) is 8.34. The van der Waals surface area contributed by atoms with E-state index in [-0.39, 0.29) is 5.91 Å². The zero-order valence-electron chi connectivity index (χ0n) is 12.7. The highest BCUT2D eigenvalue weighted by atomic mass is 32.1. The minimum absolute atomic E-state index is 0.136. The molecule has 2 aromatic heterocycles. The highest BCUT2D eigenvalue weighted by Crippen LogP contribution is 2.28. The van der Waals surface area contributed by atoms with E-state index in [0.29, 0.717) is 10.7 Å². The molecule has 23 heavy (non-hydrogen) atoms. The van der Waals surface area contributed by atoms with Crippen molar-refractivity contribution in [2.75, 3.05) is 18.9 Å². The second kappa shape index (κ2) is 5.72. The van der Waals surface area contributed by atoms with Crippen molar-refractivity contribution in [2.45, 2.75) is 13.0 Å². The third-order valence-electron chi connectivity index (χ3n) is 4.04. The van der Waals surface area contributed by atoms with Crippen molar-refractivity contribution < 1.29 is 4.79 Å². The van der Waals surface area contributed by atoms with Crippen LogP contribution in [0.4, 0.5) is 5.13 Å². The van der Waals surface area contributed by atoms with Crippen LogP contribution in [0, 0.1) is 0 Å². The number of nitrogens with one attached hydrogen (secondary N) is 1. The molecule has 0 radical (unpaired) electrons. The lowest BCUT2D eigenvalue weighted by atomic mass is 10.1. The number of nitrogens with zero attached hydrogens (tertiary/aromatic N) is 3. The second-order valence-corrected chi connectivity index (χ2v) is 6.79. The Morgan fingerprint density at radius 3 is 3.09 bits per heavy atom. The van der Waals surface area contributed by atoms with Gasteiger partial charge in [-0.1, -0.05) is 18.2 Å². The molecule has 3 aromatic rings. The van der Waals surface area contributed by atoms with Gasteiger partial charge in [0.15, 0.2) is 5.13 Å². The number of benzene rings is 1. The summed E-state index contributed by atoms with van der Waals surface area (Å²) in [5.41, 5.74) is 2.56. The molecule has 0 spiro atoms. The highest BCUT2D eigenvalue weighted by molar-refractivity contribution is 7.15. The largest absolute Gasteiger partial charge is 0.301 e. The number of fused-ring (bicyclic) bond motifs is 2. The number of pyridine rings is 1.